The Balaban J connectivity index is 1.51. The van der Waals surface area contributed by atoms with Crippen molar-refractivity contribution in [2.45, 2.75) is 24.4 Å². The molecule has 0 aliphatic rings. The van der Waals surface area contributed by atoms with E-state index in [2.05, 4.69) is 20.5 Å². The molecule has 5 rings (SSSR count). The average molecular weight is 431 g/mol. The first-order valence-corrected chi connectivity index (χ1v) is 10.6. The largest absolute Gasteiger partial charge is 0.409 e. The fourth-order valence-corrected chi connectivity index (χ4v) is 3.88. The summed E-state index contributed by atoms with van der Waals surface area (Å²) in [4.78, 5) is 13.0. The van der Waals surface area contributed by atoms with Gasteiger partial charge in [-0.1, -0.05) is 65.4 Å². The minimum atomic E-state index is -0.169. The van der Waals surface area contributed by atoms with Crippen LogP contribution in [0.1, 0.15) is 17.0 Å². The Morgan fingerprint density at radius 3 is 2.55 bits per heavy atom. The molecule has 154 valence electrons. The monoisotopic (exact) mass is 431 g/mol. The molecule has 0 aliphatic heterocycles. The van der Waals surface area contributed by atoms with Crippen molar-refractivity contribution in [2.75, 3.05) is 0 Å². The molecule has 3 heterocycles. The van der Waals surface area contributed by atoms with Crippen molar-refractivity contribution in [3.05, 3.63) is 88.0 Å². The van der Waals surface area contributed by atoms with Gasteiger partial charge < -0.3 is 8.94 Å². The van der Waals surface area contributed by atoms with Gasteiger partial charge in [-0.15, -0.1) is 10.2 Å². The molecule has 0 atom stereocenters. The molecule has 8 nitrogen and oxygen atoms in total. The Morgan fingerprint density at radius 2 is 1.77 bits per heavy atom. The van der Waals surface area contributed by atoms with Crippen molar-refractivity contribution in [2.24, 2.45) is 0 Å². The van der Waals surface area contributed by atoms with Crippen molar-refractivity contribution in [3.8, 4) is 11.6 Å². The summed E-state index contributed by atoms with van der Waals surface area (Å²) in [6.07, 6.45) is 0. The van der Waals surface area contributed by atoms with E-state index >= 15 is 0 Å². The van der Waals surface area contributed by atoms with Crippen LogP contribution in [0.5, 0.6) is 0 Å². The number of benzene rings is 2. The van der Waals surface area contributed by atoms with Crippen molar-refractivity contribution in [1.29, 1.82) is 0 Å². The van der Waals surface area contributed by atoms with Crippen LogP contribution in [-0.4, -0.2) is 25.1 Å². The van der Waals surface area contributed by atoms with E-state index in [1.54, 1.807) is 6.07 Å². The molecular formula is C22H17N5O3S. The van der Waals surface area contributed by atoms with Gasteiger partial charge in [-0.05, 0) is 18.6 Å². The van der Waals surface area contributed by atoms with Crippen LogP contribution in [0.4, 0.5) is 0 Å². The maximum Gasteiger partial charge on any atom is 0.277 e. The molecule has 9 heteroatoms. The van der Waals surface area contributed by atoms with Gasteiger partial charge in [0.05, 0.1) is 23.4 Å². The van der Waals surface area contributed by atoms with Crippen LogP contribution < -0.4 is 5.56 Å². The van der Waals surface area contributed by atoms with Gasteiger partial charge in [-0.2, -0.15) is 5.10 Å². The van der Waals surface area contributed by atoms with Gasteiger partial charge in [-0.3, -0.25) is 4.79 Å². The molecule has 0 fully saturated rings. The van der Waals surface area contributed by atoms with Gasteiger partial charge in [0.15, 0.2) is 5.69 Å². The third-order valence-electron chi connectivity index (χ3n) is 4.67. The summed E-state index contributed by atoms with van der Waals surface area (Å²) in [6, 6.07) is 18.9. The zero-order chi connectivity index (χ0) is 21.2. The normalized spacial score (nSPS) is 11.3. The smallest absolute Gasteiger partial charge is 0.277 e. The van der Waals surface area contributed by atoms with Crippen LogP contribution in [0.3, 0.4) is 0 Å². The molecule has 0 N–H and O–H groups in total. The van der Waals surface area contributed by atoms with Gasteiger partial charge in [0, 0.05) is 11.5 Å². The van der Waals surface area contributed by atoms with Gasteiger partial charge >= 0.3 is 0 Å². The molecule has 31 heavy (non-hydrogen) atoms. The highest BCUT2D eigenvalue weighted by atomic mass is 32.2. The number of fused-ring (bicyclic) bond motifs is 1. The van der Waals surface area contributed by atoms with Gasteiger partial charge in [0.25, 0.3) is 16.7 Å². The Bertz CT molecular complexity index is 1410. The van der Waals surface area contributed by atoms with E-state index in [9.17, 15) is 4.79 Å². The third kappa shape index (κ3) is 3.99. The fraction of sp³-hybridized carbons (Fsp3) is 0.136. The topological polar surface area (TPSA) is 99.8 Å². The minimum Gasteiger partial charge on any atom is -0.409 e. The zero-order valence-electron chi connectivity index (χ0n) is 16.6. The lowest BCUT2D eigenvalue weighted by atomic mass is 10.1. The Kier molecular flexibility index (Phi) is 5.09. The molecule has 0 unspecified atom stereocenters. The summed E-state index contributed by atoms with van der Waals surface area (Å²) >= 11 is 1.35. The molecule has 0 saturated carbocycles. The van der Waals surface area contributed by atoms with E-state index in [1.807, 2.05) is 61.5 Å². The molecule has 5 aromatic rings. The molecule has 2 aromatic carbocycles. The molecule has 0 spiro atoms. The number of aromatic nitrogens is 5. The van der Waals surface area contributed by atoms with E-state index in [4.69, 9.17) is 8.94 Å². The molecule has 0 bridgehead atoms. The minimum absolute atomic E-state index is 0.169. The van der Waals surface area contributed by atoms with Crippen molar-refractivity contribution in [3.63, 3.8) is 0 Å². The van der Waals surface area contributed by atoms with Crippen LogP contribution in [0.15, 0.2) is 79.6 Å². The first-order valence-electron chi connectivity index (χ1n) is 9.60. The molecule has 3 aromatic heterocycles. The maximum atomic E-state index is 13.0. The number of hydrogen-bond acceptors (Lipinski definition) is 8. The second kappa shape index (κ2) is 8.19. The number of hydrogen-bond donors (Lipinski definition) is 0. The van der Waals surface area contributed by atoms with Crippen LogP contribution in [-0.2, 0) is 12.3 Å². The highest BCUT2D eigenvalue weighted by molar-refractivity contribution is 7.98. The Hall–Kier alpha value is -3.72. The average Bonchev–Trinajstić information content (AvgIpc) is 3.44. The highest BCUT2D eigenvalue weighted by Gasteiger charge is 2.18. The van der Waals surface area contributed by atoms with Crippen molar-refractivity contribution >= 4 is 22.5 Å². The second-order valence-electron chi connectivity index (χ2n) is 6.94. The zero-order valence-corrected chi connectivity index (χ0v) is 17.4. The first kappa shape index (κ1) is 19.3. The summed E-state index contributed by atoms with van der Waals surface area (Å²) in [6.45, 7) is 2.21. The fourth-order valence-electron chi connectivity index (χ4n) is 3.24. The van der Waals surface area contributed by atoms with Crippen LogP contribution in [0.2, 0.25) is 0 Å². The van der Waals surface area contributed by atoms with Crippen LogP contribution >= 0.6 is 11.8 Å². The molecule has 0 saturated heterocycles. The first-order chi connectivity index (χ1) is 15.2. The van der Waals surface area contributed by atoms with Gasteiger partial charge in [-0.25, -0.2) is 4.68 Å². The predicted octanol–water partition coefficient (Wildman–Crippen LogP) is 4.08. The van der Waals surface area contributed by atoms with Crippen molar-refractivity contribution < 1.29 is 8.94 Å². The molecule has 0 radical (unpaired) electrons. The van der Waals surface area contributed by atoms with E-state index in [1.165, 1.54) is 16.4 Å². The Morgan fingerprint density at radius 1 is 1.00 bits per heavy atom. The highest BCUT2D eigenvalue weighted by Crippen LogP contribution is 2.28. The maximum absolute atomic E-state index is 13.0. The summed E-state index contributed by atoms with van der Waals surface area (Å²) in [5, 5.41) is 18.3. The predicted molar refractivity (Wildman–Crippen MR) is 116 cm³/mol. The number of aryl methyl sites for hydroxylation is 1. The van der Waals surface area contributed by atoms with Crippen LogP contribution in [0, 0.1) is 6.92 Å². The quantitative estimate of drug-likeness (QED) is 0.371. The van der Waals surface area contributed by atoms with E-state index in [0.29, 0.717) is 34.0 Å². The van der Waals surface area contributed by atoms with E-state index < -0.39 is 0 Å². The lowest BCUT2D eigenvalue weighted by Crippen LogP contribution is -2.24. The van der Waals surface area contributed by atoms with Gasteiger partial charge in [0.2, 0.25) is 0 Å². The molecule has 0 aliphatic carbocycles. The number of thioether (sulfide) groups is 1. The number of nitrogens with zero attached hydrogens (tertiary/aromatic N) is 5. The second-order valence-corrected chi connectivity index (χ2v) is 7.87. The van der Waals surface area contributed by atoms with Crippen LogP contribution in [0.25, 0.3) is 22.4 Å². The summed E-state index contributed by atoms with van der Waals surface area (Å²) < 4.78 is 12.5. The lowest BCUT2D eigenvalue weighted by molar-refractivity contribution is 0.390. The summed E-state index contributed by atoms with van der Waals surface area (Å²) in [5.74, 6) is 1.50. The van der Waals surface area contributed by atoms with E-state index in [-0.39, 0.29) is 11.4 Å². The van der Waals surface area contributed by atoms with Gasteiger partial charge in [0.1, 0.15) is 5.76 Å². The summed E-state index contributed by atoms with van der Waals surface area (Å²) in [7, 11) is 0. The lowest BCUT2D eigenvalue weighted by Gasteiger charge is -2.09. The standard InChI is InChI=1S/C22H17N5O3S/c1-14-11-16(30-26-14)13-31-22-24-23-20(29-22)19-17-9-5-6-10-18(17)21(28)27(25-19)12-15-7-3-2-4-8-15/h2-11H,12-13H2,1H3. The SMILES string of the molecule is Cc1cc(CSc2nnc(-c3nn(Cc4ccccc4)c(=O)c4ccccc34)o2)on1. The molecule has 0 amide bonds. The molecular weight excluding hydrogens is 414 g/mol. The Labute approximate surface area is 180 Å². The summed E-state index contributed by atoms with van der Waals surface area (Å²) in [5.41, 5.74) is 2.10. The van der Waals surface area contributed by atoms with E-state index in [0.717, 1.165) is 17.0 Å². The van der Waals surface area contributed by atoms with Crippen molar-refractivity contribution in [1.82, 2.24) is 25.1 Å². The number of rotatable bonds is 6. The third-order valence-corrected chi connectivity index (χ3v) is 5.51.